The summed E-state index contributed by atoms with van der Waals surface area (Å²) in [6.07, 6.45) is -4.14. The van der Waals surface area contributed by atoms with E-state index < -0.39 is 58.4 Å². The molecular formula is C21H16F5N2O6P. The first-order chi connectivity index (χ1) is 16.4. The zero-order valence-corrected chi connectivity index (χ0v) is 18.8. The van der Waals surface area contributed by atoms with Gasteiger partial charge in [-0.1, -0.05) is 12.1 Å². The highest BCUT2D eigenvalue weighted by Crippen LogP contribution is 2.67. The van der Waals surface area contributed by atoms with Gasteiger partial charge in [0.2, 0.25) is 0 Å². The van der Waals surface area contributed by atoms with Crippen molar-refractivity contribution in [1.29, 1.82) is 0 Å². The topological polar surface area (TPSA) is 101 Å². The number of benzene rings is 2. The van der Waals surface area contributed by atoms with Crippen LogP contribution in [0.2, 0.25) is 0 Å². The van der Waals surface area contributed by atoms with Crippen LogP contribution in [-0.4, -0.2) is 24.1 Å². The molecule has 0 amide bonds. The second kappa shape index (κ2) is 9.68. The fourth-order valence-electron chi connectivity index (χ4n) is 3.38. The number of nitro groups is 1. The van der Waals surface area contributed by atoms with Crippen LogP contribution in [0.5, 0.6) is 5.88 Å². The summed E-state index contributed by atoms with van der Waals surface area (Å²) in [5.41, 5.74) is -3.92. The molecule has 2 aromatic carbocycles. The van der Waals surface area contributed by atoms with Crippen molar-refractivity contribution in [2.45, 2.75) is 11.5 Å². The smallest absolute Gasteiger partial charge is 0.423 e. The maximum atomic E-state index is 14.6. The molecule has 8 nitrogen and oxygen atoms in total. The lowest BCUT2D eigenvalue weighted by Crippen LogP contribution is -2.37. The zero-order chi connectivity index (χ0) is 26.0. The van der Waals surface area contributed by atoms with E-state index in [0.29, 0.717) is 12.1 Å². The Morgan fingerprint density at radius 1 is 0.971 bits per heavy atom. The number of pyridine rings is 1. The summed E-state index contributed by atoms with van der Waals surface area (Å²) in [5, 5.41) is 8.54. The van der Waals surface area contributed by atoms with Gasteiger partial charge in [0.15, 0.2) is 5.82 Å². The Labute approximate surface area is 195 Å². The van der Waals surface area contributed by atoms with Gasteiger partial charge in [0.25, 0.3) is 16.9 Å². The lowest BCUT2D eigenvalue weighted by atomic mass is 9.97. The van der Waals surface area contributed by atoms with Gasteiger partial charge >= 0.3 is 13.8 Å². The molecule has 1 aromatic heterocycles. The van der Waals surface area contributed by atoms with E-state index in [2.05, 4.69) is 4.98 Å². The Morgan fingerprint density at radius 3 is 2.09 bits per heavy atom. The van der Waals surface area contributed by atoms with E-state index in [1.54, 1.807) is 0 Å². The quantitative estimate of drug-likeness (QED) is 0.155. The zero-order valence-electron chi connectivity index (χ0n) is 18.0. The molecule has 35 heavy (non-hydrogen) atoms. The molecule has 186 valence electrons. The normalized spacial score (nSPS) is 13.8. The van der Waals surface area contributed by atoms with Gasteiger partial charge in [-0.15, -0.1) is 0 Å². The summed E-state index contributed by atoms with van der Waals surface area (Å²) in [5.74, 6) is -2.66. The number of hydrogen-bond acceptors (Lipinski definition) is 7. The molecule has 1 atom stereocenters. The second-order valence-corrected chi connectivity index (χ2v) is 9.25. The minimum Gasteiger partial charge on any atom is -0.446 e. The van der Waals surface area contributed by atoms with Crippen LogP contribution in [0.3, 0.4) is 0 Å². The molecule has 0 aliphatic rings. The lowest BCUT2D eigenvalue weighted by molar-refractivity contribution is -0.388. The molecular weight excluding hydrogens is 502 g/mol. The van der Waals surface area contributed by atoms with Crippen molar-refractivity contribution in [2.24, 2.45) is 0 Å². The number of halogens is 5. The van der Waals surface area contributed by atoms with E-state index in [9.17, 15) is 36.6 Å². The van der Waals surface area contributed by atoms with Gasteiger partial charge in [-0.2, -0.15) is 13.2 Å². The molecule has 0 aliphatic carbocycles. The summed E-state index contributed by atoms with van der Waals surface area (Å²) in [6, 6.07) is 7.55. The first kappa shape index (κ1) is 26.2. The van der Waals surface area contributed by atoms with Crippen LogP contribution in [-0.2, 0) is 25.1 Å². The van der Waals surface area contributed by atoms with Gasteiger partial charge < -0.3 is 13.8 Å². The molecule has 3 rings (SSSR count). The summed E-state index contributed by atoms with van der Waals surface area (Å²) < 4.78 is 99.4. The monoisotopic (exact) mass is 518 g/mol. The van der Waals surface area contributed by atoms with Crippen LogP contribution in [0.1, 0.15) is 16.7 Å². The van der Waals surface area contributed by atoms with Gasteiger partial charge in [0.1, 0.15) is 11.4 Å². The summed E-state index contributed by atoms with van der Waals surface area (Å²) in [4.78, 5) is 13.7. The number of nitro benzene ring substituents is 1. The van der Waals surface area contributed by atoms with Gasteiger partial charge in [-0.25, -0.2) is 13.8 Å². The second-order valence-electron chi connectivity index (χ2n) is 6.89. The predicted molar refractivity (Wildman–Crippen MR) is 112 cm³/mol. The maximum Gasteiger partial charge on any atom is 0.423 e. The Hall–Kier alpha value is -3.41. The third kappa shape index (κ3) is 4.75. The molecule has 14 heteroatoms. The number of ether oxygens (including phenoxy) is 1. The average Bonchev–Trinajstić information content (AvgIpc) is 2.82. The molecule has 1 heterocycles. The molecule has 1 unspecified atom stereocenters. The van der Waals surface area contributed by atoms with Crippen molar-refractivity contribution in [3.8, 4) is 5.88 Å². The van der Waals surface area contributed by atoms with Gasteiger partial charge in [0, 0.05) is 37.6 Å². The van der Waals surface area contributed by atoms with Crippen LogP contribution >= 0.6 is 7.60 Å². The van der Waals surface area contributed by atoms with E-state index in [1.807, 2.05) is 0 Å². The average molecular weight is 518 g/mol. The highest BCUT2D eigenvalue weighted by Gasteiger charge is 2.57. The van der Waals surface area contributed by atoms with E-state index in [1.165, 1.54) is 6.07 Å². The molecule has 0 bridgehead atoms. The molecule has 0 spiro atoms. The van der Waals surface area contributed by atoms with E-state index in [4.69, 9.17) is 13.8 Å². The molecule has 0 radical (unpaired) electrons. The number of rotatable bonds is 8. The highest BCUT2D eigenvalue weighted by atomic mass is 31.2. The van der Waals surface area contributed by atoms with Crippen LogP contribution in [0.4, 0.5) is 27.6 Å². The summed E-state index contributed by atoms with van der Waals surface area (Å²) in [7, 11) is -2.97. The van der Waals surface area contributed by atoms with Crippen molar-refractivity contribution in [2.75, 3.05) is 14.2 Å². The molecule has 0 fully saturated rings. The Kier molecular flexibility index (Phi) is 7.25. The molecule has 0 aliphatic heterocycles. The van der Waals surface area contributed by atoms with E-state index in [-0.39, 0.29) is 5.56 Å². The fraction of sp³-hybridized carbons (Fsp3) is 0.190. The largest absolute Gasteiger partial charge is 0.446 e. The first-order valence-electron chi connectivity index (χ1n) is 9.53. The Morgan fingerprint density at radius 2 is 1.57 bits per heavy atom. The number of hydrogen-bond donors (Lipinski definition) is 0. The van der Waals surface area contributed by atoms with Gasteiger partial charge in [0.05, 0.1) is 4.92 Å². The van der Waals surface area contributed by atoms with E-state index >= 15 is 0 Å². The van der Waals surface area contributed by atoms with Crippen LogP contribution < -0.4 is 4.74 Å². The van der Waals surface area contributed by atoms with Crippen LogP contribution in [0, 0.1) is 21.7 Å². The van der Waals surface area contributed by atoms with Crippen molar-refractivity contribution in [1.82, 2.24) is 4.98 Å². The predicted octanol–water partition coefficient (Wildman–Crippen LogP) is 6.05. The summed E-state index contributed by atoms with van der Waals surface area (Å²) >= 11 is 0. The molecule has 0 saturated heterocycles. The summed E-state index contributed by atoms with van der Waals surface area (Å²) in [6.45, 7) is 0. The third-order valence-electron chi connectivity index (χ3n) is 4.96. The molecule has 0 saturated carbocycles. The fourth-order valence-corrected chi connectivity index (χ4v) is 5.17. The van der Waals surface area contributed by atoms with Crippen LogP contribution in [0.25, 0.3) is 0 Å². The van der Waals surface area contributed by atoms with Crippen molar-refractivity contribution < 1.29 is 45.2 Å². The Balaban J connectivity index is 2.49. The number of alkyl halides is 3. The third-order valence-corrected chi connectivity index (χ3v) is 7.30. The van der Waals surface area contributed by atoms with Crippen molar-refractivity contribution in [3.05, 3.63) is 99.2 Å². The molecule has 0 N–H and O–H groups in total. The highest BCUT2D eigenvalue weighted by molar-refractivity contribution is 7.55. The van der Waals surface area contributed by atoms with Crippen molar-refractivity contribution >= 4 is 13.3 Å². The Bertz CT molecular complexity index is 1280. The minimum atomic E-state index is -5.23. The number of nitrogens with zero attached hydrogens (tertiary/aromatic N) is 2. The van der Waals surface area contributed by atoms with Gasteiger partial charge in [-0.3, -0.25) is 14.7 Å². The van der Waals surface area contributed by atoms with Crippen molar-refractivity contribution in [3.63, 3.8) is 0 Å². The van der Waals surface area contributed by atoms with Crippen LogP contribution in [0.15, 0.2) is 60.8 Å². The minimum absolute atomic E-state index is 0.280. The molecule has 3 aromatic rings. The van der Waals surface area contributed by atoms with Gasteiger partial charge in [-0.05, 0) is 36.4 Å². The standard InChI is InChI=1S/C21H16F5N2O6P/c1-32-35(31,33-2)20(13-5-8-15(22)9-6-13,34-19-17(23)4-3-11-27-19)14-7-10-18(28(29)30)16(12-14)21(24,25)26/h3-12H,1-2H3. The number of aromatic nitrogens is 1. The van der Waals surface area contributed by atoms with E-state index in [0.717, 1.165) is 56.8 Å². The maximum absolute atomic E-state index is 14.6. The SMILES string of the molecule is COP(=O)(OC)C(Oc1ncccc1F)(c1ccc(F)cc1)c1ccc([N+](=O)[O-])c(C(F)(F)F)c1. The first-order valence-corrected chi connectivity index (χ1v) is 11.1. The lowest BCUT2D eigenvalue weighted by Gasteiger charge is -2.38.